The molecule has 0 bridgehead atoms. The van der Waals surface area contributed by atoms with Gasteiger partial charge in [0, 0.05) is 7.11 Å². The van der Waals surface area contributed by atoms with Crippen LogP contribution in [0, 0.1) is 13.8 Å². The van der Waals surface area contributed by atoms with Crippen molar-refractivity contribution in [1.29, 1.82) is 0 Å². The Morgan fingerprint density at radius 3 is 2.50 bits per heavy atom. The summed E-state index contributed by atoms with van der Waals surface area (Å²) in [5.74, 6) is 5.67. The van der Waals surface area contributed by atoms with E-state index in [0.29, 0.717) is 0 Å². The lowest BCUT2D eigenvalue weighted by Gasteiger charge is -2.25. The van der Waals surface area contributed by atoms with E-state index in [9.17, 15) is 0 Å². The molecule has 18 heavy (non-hydrogen) atoms. The molecular weight excluding hydrogens is 224 g/mol. The molecule has 0 fully saturated rings. The van der Waals surface area contributed by atoms with Crippen LogP contribution in [0.25, 0.3) is 0 Å². The molecule has 3 N–H and O–H groups in total. The van der Waals surface area contributed by atoms with E-state index >= 15 is 0 Å². The van der Waals surface area contributed by atoms with Gasteiger partial charge in [0.1, 0.15) is 0 Å². The predicted molar refractivity (Wildman–Crippen MR) is 76.4 cm³/mol. The molecule has 0 aliphatic heterocycles. The lowest BCUT2D eigenvalue weighted by Crippen LogP contribution is -2.46. The molecule has 0 radical (unpaired) electrons. The fourth-order valence-electron chi connectivity index (χ4n) is 2.25. The van der Waals surface area contributed by atoms with Gasteiger partial charge in [-0.05, 0) is 43.4 Å². The van der Waals surface area contributed by atoms with Crippen LogP contribution in [0.5, 0.6) is 0 Å². The van der Waals surface area contributed by atoms with Gasteiger partial charge in [0.15, 0.2) is 0 Å². The normalized spacial score (nSPS) is 14.5. The summed E-state index contributed by atoms with van der Waals surface area (Å²) in [6, 6.07) is 6.74. The van der Waals surface area contributed by atoms with Gasteiger partial charge in [0.2, 0.25) is 0 Å². The van der Waals surface area contributed by atoms with Crippen LogP contribution in [-0.2, 0) is 11.2 Å². The standard InChI is InChI=1S/C15H26N2O/c1-5-6-15(18-4)14(17-16)10-13-8-7-11(2)12(3)9-13/h7-9,14-15,17H,5-6,10,16H2,1-4H3. The van der Waals surface area contributed by atoms with Crippen LogP contribution in [0.2, 0.25) is 0 Å². The first kappa shape index (κ1) is 15.2. The quantitative estimate of drug-likeness (QED) is 0.577. The van der Waals surface area contributed by atoms with E-state index in [-0.39, 0.29) is 12.1 Å². The van der Waals surface area contributed by atoms with Crippen molar-refractivity contribution in [2.45, 2.75) is 52.2 Å². The fraction of sp³-hybridized carbons (Fsp3) is 0.600. The van der Waals surface area contributed by atoms with Crippen LogP contribution in [0.15, 0.2) is 18.2 Å². The number of nitrogens with one attached hydrogen (secondary N) is 1. The number of benzene rings is 1. The van der Waals surface area contributed by atoms with Crippen molar-refractivity contribution in [1.82, 2.24) is 5.43 Å². The van der Waals surface area contributed by atoms with E-state index in [1.165, 1.54) is 16.7 Å². The molecule has 2 atom stereocenters. The van der Waals surface area contributed by atoms with Gasteiger partial charge >= 0.3 is 0 Å². The van der Waals surface area contributed by atoms with Crippen molar-refractivity contribution < 1.29 is 4.74 Å². The third-order valence-electron chi connectivity index (χ3n) is 3.57. The summed E-state index contributed by atoms with van der Waals surface area (Å²) in [4.78, 5) is 0. The molecule has 0 aliphatic rings. The third-order valence-corrected chi connectivity index (χ3v) is 3.57. The zero-order chi connectivity index (χ0) is 13.5. The molecule has 2 unspecified atom stereocenters. The SMILES string of the molecule is CCCC(OC)C(Cc1ccc(C)c(C)c1)NN. The van der Waals surface area contributed by atoms with Crippen LogP contribution in [-0.4, -0.2) is 19.3 Å². The first-order valence-corrected chi connectivity index (χ1v) is 6.67. The topological polar surface area (TPSA) is 47.3 Å². The van der Waals surface area contributed by atoms with E-state index in [1.807, 2.05) is 0 Å². The Hall–Kier alpha value is -0.900. The Balaban J connectivity index is 2.74. The van der Waals surface area contributed by atoms with Gasteiger partial charge in [-0.2, -0.15) is 0 Å². The summed E-state index contributed by atoms with van der Waals surface area (Å²) in [6.45, 7) is 6.44. The lowest BCUT2D eigenvalue weighted by atomic mass is 9.96. The molecule has 0 saturated carbocycles. The molecule has 1 aromatic carbocycles. The Labute approximate surface area is 111 Å². The minimum absolute atomic E-state index is 0.164. The molecule has 0 saturated heterocycles. The highest BCUT2D eigenvalue weighted by Gasteiger charge is 2.19. The number of hydrogen-bond acceptors (Lipinski definition) is 3. The number of methoxy groups -OCH3 is 1. The number of hydrazine groups is 1. The van der Waals surface area contributed by atoms with Crippen molar-refractivity contribution in [2.75, 3.05) is 7.11 Å². The fourth-order valence-corrected chi connectivity index (χ4v) is 2.25. The molecule has 3 heteroatoms. The second-order valence-corrected chi connectivity index (χ2v) is 4.96. The number of ether oxygens (including phenoxy) is 1. The molecule has 0 aliphatic carbocycles. The average Bonchev–Trinajstić information content (AvgIpc) is 2.37. The molecule has 0 amide bonds. The number of hydrogen-bond donors (Lipinski definition) is 2. The first-order valence-electron chi connectivity index (χ1n) is 6.67. The van der Waals surface area contributed by atoms with Gasteiger partial charge in [0.25, 0.3) is 0 Å². The summed E-state index contributed by atoms with van der Waals surface area (Å²) in [7, 11) is 1.76. The van der Waals surface area contributed by atoms with E-state index in [0.717, 1.165) is 19.3 Å². The summed E-state index contributed by atoms with van der Waals surface area (Å²) in [6.07, 6.45) is 3.19. The smallest absolute Gasteiger partial charge is 0.0740 e. The second kappa shape index (κ2) is 7.52. The molecule has 1 aromatic rings. The van der Waals surface area contributed by atoms with Crippen molar-refractivity contribution >= 4 is 0 Å². The minimum Gasteiger partial charge on any atom is -0.380 e. The third kappa shape index (κ3) is 4.09. The minimum atomic E-state index is 0.164. The van der Waals surface area contributed by atoms with Gasteiger partial charge < -0.3 is 4.74 Å². The Morgan fingerprint density at radius 2 is 2.00 bits per heavy atom. The summed E-state index contributed by atoms with van der Waals surface area (Å²) < 4.78 is 5.53. The summed E-state index contributed by atoms with van der Waals surface area (Å²) >= 11 is 0. The number of aryl methyl sites for hydroxylation is 2. The van der Waals surface area contributed by atoms with Crippen molar-refractivity contribution in [3.63, 3.8) is 0 Å². The molecule has 3 nitrogen and oxygen atoms in total. The maximum Gasteiger partial charge on any atom is 0.0740 e. The number of rotatable bonds is 7. The van der Waals surface area contributed by atoms with E-state index < -0.39 is 0 Å². The molecule has 0 heterocycles. The summed E-state index contributed by atoms with van der Waals surface area (Å²) in [5, 5.41) is 0. The Bertz CT molecular complexity index is 366. The molecule has 1 rings (SSSR count). The van der Waals surface area contributed by atoms with Gasteiger partial charge in [-0.15, -0.1) is 0 Å². The van der Waals surface area contributed by atoms with Crippen LogP contribution < -0.4 is 11.3 Å². The Morgan fingerprint density at radius 1 is 1.28 bits per heavy atom. The van der Waals surface area contributed by atoms with Gasteiger partial charge in [0.05, 0.1) is 12.1 Å². The van der Waals surface area contributed by atoms with Crippen molar-refractivity contribution in [3.05, 3.63) is 34.9 Å². The molecule has 0 aromatic heterocycles. The number of nitrogens with two attached hydrogens (primary N) is 1. The van der Waals surface area contributed by atoms with E-state index in [4.69, 9.17) is 10.6 Å². The summed E-state index contributed by atoms with van der Waals surface area (Å²) in [5.41, 5.74) is 6.85. The van der Waals surface area contributed by atoms with E-state index in [1.54, 1.807) is 7.11 Å². The average molecular weight is 250 g/mol. The maximum absolute atomic E-state index is 5.67. The van der Waals surface area contributed by atoms with Crippen LogP contribution in [0.4, 0.5) is 0 Å². The zero-order valence-corrected chi connectivity index (χ0v) is 12.0. The largest absolute Gasteiger partial charge is 0.380 e. The van der Waals surface area contributed by atoms with Gasteiger partial charge in [-0.1, -0.05) is 31.5 Å². The van der Waals surface area contributed by atoms with Crippen LogP contribution in [0.3, 0.4) is 0 Å². The second-order valence-electron chi connectivity index (χ2n) is 4.96. The highest BCUT2D eigenvalue weighted by Crippen LogP contribution is 2.15. The highest BCUT2D eigenvalue weighted by molar-refractivity contribution is 5.30. The molecule has 102 valence electrons. The van der Waals surface area contributed by atoms with Crippen LogP contribution in [0.1, 0.15) is 36.5 Å². The van der Waals surface area contributed by atoms with Gasteiger partial charge in [-0.3, -0.25) is 11.3 Å². The lowest BCUT2D eigenvalue weighted by molar-refractivity contribution is 0.0609. The highest BCUT2D eigenvalue weighted by atomic mass is 16.5. The van der Waals surface area contributed by atoms with Crippen LogP contribution >= 0.6 is 0 Å². The maximum atomic E-state index is 5.67. The molecule has 0 spiro atoms. The first-order chi connectivity index (χ1) is 8.62. The van der Waals surface area contributed by atoms with Gasteiger partial charge in [-0.25, -0.2) is 0 Å². The zero-order valence-electron chi connectivity index (χ0n) is 12.0. The molecular formula is C15H26N2O. The van der Waals surface area contributed by atoms with Crippen molar-refractivity contribution in [3.8, 4) is 0 Å². The predicted octanol–water partition coefficient (Wildman–Crippen LogP) is 2.49. The monoisotopic (exact) mass is 250 g/mol. The van der Waals surface area contributed by atoms with E-state index in [2.05, 4.69) is 44.4 Å². The Kier molecular flexibility index (Phi) is 6.33. The van der Waals surface area contributed by atoms with Crippen molar-refractivity contribution in [2.24, 2.45) is 5.84 Å².